The van der Waals surface area contributed by atoms with Gasteiger partial charge in [0.05, 0.1) is 11.8 Å². The number of likely N-dealkylation sites (tertiary alicyclic amines) is 1. The fourth-order valence-electron chi connectivity index (χ4n) is 5.35. The van der Waals surface area contributed by atoms with Gasteiger partial charge in [-0.2, -0.15) is 0 Å². The smallest absolute Gasteiger partial charge is 0.233 e. The summed E-state index contributed by atoms with van der Waals surface area (Å²) < 4.78 is 0. The van der Waals surface area contributed by atoms with Gasteiger partial charge in [0.1, 0.15) is 0 Å². The number of hydrogen-bond acceptors (Lipinski definition) is 4. The molecule has 3 aliphatic rings. The van der Waals surface area contributed by atoms with Crippen molar-refractivity contribution in [2.45, 2.75) is 64.5 Å². The first-order valence-corrected chi connectivity index (χ1v) is 11.5. The van der Waals surface area contributed by atoms with Crippen molar-refractivity contribution in [2.75, 3.05) is 19.6 Å². The zero-order chi connectivity index (χ0) is 21.1. The maximum atomic E-state index is 12.5. The molecule has 2 aliphatic heterocycles. The van der Waals surface area contributed by atoms with E-state index in [9.17, 15) is 14.4 Å². The Labute approximate surface area is 179 Å². The van der Waals surface area contributed by atoms with E-state index in [0.29, 0.717) is 12.6 Å². The Hall–Kier alpha value is -2.21. The average Bonchev–Trinajstić information content (AvgIpc) is 3.02. The second-order valence-corrected chi connectivity index (χ2v) is 8.93. The van der Waals surface area contributed by atoms with E-state index in [0.717, 1.165) is 51.6 Å². The molecule has 1 saturated carbocycles. The van der Waals surface area contributed by atoms with E-state index in [1.807, 2.05) is 0 Å². The number of rotatable bonds is 7. The minimum Gasteiger partial charge on any atom is -0.354 e. The molecule has 30 heavy (non-hydrogen) atoms. The van der Waals surface area contributed by atoms with Crippen LogP contribution in [0.5, 0.6) is 0 Å². The Bertz CT molecular complexity index is 785. The molecule has 0 radical (unpaired) electrons. The van der Waals surface area contributed by atoms with Gasteiger partial charge in [-0.25, -0.2) is 0 Å². The zero-order valence-corrected chi connectivity index (χ0v) is 17.9. The molecule has 3 amide bonds. The lowest BCUT2D eigenvalue weighted by atomic mass is 9.81. The largest absolute Gasteiger partial charge is 0.354 e. The summed E-state index contributed by atoms with van der Waals surface area (Å²) in [5, 5.41) is 3.04. The predicted octanol–water partition coefficient (Wildman–Crippen LogP) is 2.50. The van der Waals surface area contributed by atoms with Crippen LogP contribution in [0.15, 0.2) is 24.3 Å². The Kier molecular flexibility index (Phi) is 6.52. The van der Waals surface area contributed by atoms with Crippen LogP contribution in [-0.4, -0.2) is 53.2 Å². The van der Waals surface area contributed by atoms with E-state index in [2.05, 4.69) is 41.4 Å². The third kappa shape index (κ3) is 4.29. The van der Waals surface area contributed by atoms with Gasteiger partial charge in [-0.15, -0.1) is 0 Å². The molecule has 2 heterocycles. The number of imide groups is 1. The highest BCUT2D eigenvalue weighted by Crippen LogP contribution is 2.37. The van der Waals surface area contributed by atoms with E-state index in [-0.39, 0.29) is 42.5 Å². The quantitative estimate of drug-likeness (QED) is 0.700. The highest BCUT2D eigenvalue weighted by molar-refractivity contribution is 6.05. The Morgan fingerprint density at radius 3 is 2.43 bits per heavy atom. The molecule has 1 N–H and O–H groups in total. The van der Waals surface area contributed by atoms with Crippen molar-refractivity contribution in [3.63, 3.8) is 0 Å². The molecule has 0 spiro atoms. The summed E-state index contributed by atoms with van der Waals surface area (Å²) in [5.41, 5.74) is 2.80. The third-order valence-electron chi connectivity index (χ3n) is 7.18. The van der Waals surface area contributed by atoms with Gasteiger partial charge >= 0.3 is 0 Å². The summed E-state index contributed by atoms with van der Waals surface area (Å²) in [4.78, 5) is 41.3. The molecular weight excluding hydrogens is 378 g/mol. The summed E-state index contributed by atoms with van der Waals surface area (Å²) in [6.45, 7) is 4.89. The molecule has 4 rings (SSSR count). The number of carbonyl (C=O) groups excluding carboxylic acids is 3. The highest BCUT2D eigenvalue weighted by Gasteiger charge is 2.47. The van der Waals surface area contributed by atoms with Gasteiger partial charge in [0, 0.05) is 38.6 Å². The van der Waals surface area contributed by atoms with Crippen molar-refractivity contribution < 1.29 is 14.4 Å². The lowest BCUT2D eigenvalue weighted by molar-refractivity contribution is -0.140. The van der Waals surface area contributed by atoms with Gasteiger partial charge in [-0.05, 0) is 36.8 Å². The first kappa shape index (κ1) is 21.0. The molecule has 1 aromatic carbocycles. The van der Waals surface area contributed by atoms with E-state index in [1.165, 1.54) is 16.0 Å². The molecule has 1 aromatic rings. The SMILES string of the molecule is CCC(CNC(=O)CCN1C(=O)C2CCCCC2C1=O)N1CCc2ccccc2C1. The van der Waals surface area contributed by atoms with Crippen molar-refractivity contribution in [2.24, 2.45) is 11.8 Å². The summed E-state index contributed by atoms with van der Waals surface area (Å²) in [6.07, 6.45) is 5.87. The van der Waals surface area contributed by atoms with Gasteiger partial charge < -0.3 is 5.32 Å². The van der Waals surface area contributed by atoms with E-state index in [4.69, 9.17) is 0 Å². The number of nitrogens with one attached hydrogen (secondary N) is 1. The van der Waals surface area contributed by atoms with E-state index < -0.39 is 0 Å². The molecule has 2 fully saturated rings. The topological polar surface area (TPSA) is 69.7 Å². The maximum absolute atomic E-state index is 12.5. The van der Waals surface area contributed by atoms with Crippen LogP contribution in [0.1, 0.15) is 56.6 Å². The van der Waals surface area contributed by atoms with Gasteiger partial charge in [-0.1, -0.05) is 44.0 Å². The van der Waals surface area contributed by atoms with Crippen LogP contribution < -0.4 is 5.32 Å². The summed E-state index contributed by atoms with van der Waals surface area (Å²) in [5.74, 6) is -0.477. The number of hydrogen-bond donors (Lipinski definition) is 1. The summed E-state index contributed by atoms with van der Waals surface area (Å²) in [6, 6.07) is 8.86. The number of amides is 3. The second kappa shape index (κ2) is 9.29. The van der Waals surface area contributed by atoms with Crippen molar-refractivity contribution in [3.8, 4) is 0 Å². The molecule has 6 nitrogen and oxygen atoms in total. The lowest BCUT2D eigenvalue weighted by Crippen LogP contribution is -2.46. The molecule has 0 bridgehead atoms. The summed E-state index contributed by atoms with van der Waals surface area (Å²) in [7, 11) is 0. The zero-order valence-electron chi connectivity index (χ0n) is 17.9. The van der Waals surface area contributed by atoms with Crippen molar-refractivity contribution in [3.05, 3.63) is 35.4 Å². The van der Waals surface area contributed by atoms with Gasteiger partial charge in [0.2, 0.25) is 17.7 Å². The molecular formula is C24H33N3O3. The van der Waals surface area contributed by atoms with Gasteiger partial charge in [0.15, 0.2) is 0 Å². The molecule has 3 atom stereocenters. The molecule has 0 aromatic heterocycles. The number of nitrogens with zero attached hydrogens (tertiary/aromatic N) is 2. The van der Waals surface area contributed by atoms with Crippen molar-refractivity contribution in [1.29, 1.82) is 0 Å². The fourth-order valence-corrected chi connectivity index (χ4v) is 5.35. The third-order valence-corrected chi connectivity index (χ3v) is 7.18. The number of benzene rings is 1. The van der Waals surface area contributed by atoms with Crippen LogP contribution in [0.3, 0.4) is 0 Å². The van der Waals surface area contributed by atoms with E-state index >= 15 is 0 Å². The average molecular weight is 412 g/mol. The lowest BCUT2D eigenvalue weighted by Gasteiger charge is -2.35. The number of fused-ring (bicyclic) bond motifs is 2. The van der Waals surface area contributed by atoms with Crippen LogP contribution >= 0.6 is 0 Å². The molecule has 6 heteroatoms. The van der Waals surface area contributed by atoms with Gasteiger partial charge in [0.25, 0.3) is 0 Å². The fraction of sp³-hybridized carbons (Fsp3) is 0.625. The molecule has 3 unspecified atom stereocenters. The van der Waals surface area contributed by atoms with Crippen molar-refractivity contribution >= 4 is 17.7 Å². The molecule has 1 saturated heterocycles. The predicted molar refractivity (Wildman–Crippen MR) is 114 cm³/mol. The second-order valence-electron chi connectivity index (χ2n) is 8.93. The van der Waals surface area contributed by atoms with Crippen LogP contribution in [0, 0.1) is 11.8 Å². The van der Waals surface area contributed by atoms with Crippen LogP contribution in [-0.2, 0) is 27.3 Å². The van der Waals surface area contributed by atoms with E-state index in [1.54, 1.807) is 0 Å². The standard InChI is InChI=1S/C24H33N3O3/c1-2-19(26-13-11-17-7-3-4-8-18(17)16-26)15-25-22(28)12-14-27-23(29)20-9-5-6-10-21(20)24(27)30/h3-4,7-8,19-21H,2,5-6,9-16H2,1H3,(H,25,28). The molecule has 1 aliphatic carbocycles. The maximum Gasteiger partial charge on any atom is 0.233 e. The van der Waals surface area contributed by atoms with Crippen LogP contribution in [0.2, 0.25) is 0 Å². The minimum absolute atomic E-state index is 0.0593. The first-order chi connectivity index (χ1) is 14.6. The van der Waals surface area contributed by atoms with Gasteiger partial charge in [-0.3, -0.25) is 24.2 Å². The van der Waals surface area contributed by atoms with Crippen LogP contribution in [0.25, 0.3) is 0 Å². The Morgan fingerprint density at radius 1 is 1.10 bits per heavy atom. The minimum atomic E-state index is -0.138. The van der Waals surface area contributed by atoms with Crippen molar-refractivity contribution in [1.82, 2.24) is 15.1 Å². The Balaban J connectivity index is 1.25. The normalized spacial score (nSPS) is 25.0. The monoisotopic (exact) mass is 411 g/mol. The first-order valence-electron chi connectivity index (χ1n) is 11.5. The highest BCUT2D eigenvalue weighted by atomic mass is 16.2. The number of carbonyl (C=O) groups is 3. The Morgan fingerprint density at radius 2 is 1.77 bits per heavy atom. The summed E-state index contributed by atoms with van der Waals surface area (Å²) >= 11 is 0. The van der Waals surface area contributed by atoms with Crippen LogP contribution in [0.4, 0.5) is 0 Å². The molecule has 162 valence electrons.